The quantitative estimate of drug-likeness (QED) is 0.0723. The third-order valence-electron chi connectivity index (χ3n) is 6.77. The van der Waals surface area contributed by atoms with Gasteiger partial charge in [0.1, 0.15) is 12.4 Å². The molecule has 1 N–H and O–H groups in total. The van der Waals surface area contributed by atoms with Crippen molar-refractivity contribution in [3.8, 4) is 5.75 Å². The predicted octanol–water partition coefficient (Wildman–Crippen LogP) is 6.99. The highest BCUT2D eigenvalue weighted by Crippen LogP contribution is 2.28. The summed E-state index contributed by atoms with van der Waals surface area (Å²) in [5.41, 5.74) is 4.36. The van der Waals surface area contributed by atoms with Crippen molar-refractivity contribution in [3.63, 3.8) is 0 Å². The number of aromatic nitrogens is 1. The van der Waals surface area contributed by atoms with Crippen molar-refractivity contribution in [2.75, 3.05) is 13.2 Å². The van der Waals surface area contributed by atoms with Gasteiger partial charge in [-0.3, -0.25) is 19.0 Å². The molecule has 3 aromatic carbocycles. The van der Waals surface area contributed by atoms with Crippen LogP contribution in [0.5, 0.6) is 5.75 Å². The van der Waals surface area contributed by atoms with Crippen LogP contribution < -0.4 is 4.74 Å². The summed E-state index contributed by atoms with van der Waals surface area (Å²) in [6.07, 6.45) is 9.61. The van der Waals surface area contributed by atoms with E-state index >= 15 is 0 Å². The maximum atomic E-state index is 12.9. The number of rotatable bonds is 15. The molecule has 0 atom stereocenters. The number of carboxylic acid groups (broad SMARTS) is 1. The molecule has 0 spiro atoms. The van der Waals surface area contributed by atoms with Gasteiger partial charge >= 0.3 is 11.9 Å². The Morgan fingerprint density at radius 3 is 2.40 bits per heavy atom. The Labute approximate surface area is 245 Å². The van der Waals surface area contributed by atoms with Gasteiger partial charge in [0.2, 0.25) is 5.91 Å². The molecule has 0 aliphatic heterocycles. The molecule has 7 heteroatoms. The average molecular weight is 566 g/mol. The zero-order valence-electron chi connectivity index (χ0n) is 23.5. The number of hydrogen-bond acceptors (Lipinski definition) is 5. The first-order chi connectivity index (χ1) is 20.4. The van der Waals surface area contributed by atoms with E-state index in [2.05, 4.69) is 30.8 Å². The standard InChI is InChI=1S/C35H35NO6/c1-2-22-42-34(40)24-29-25-36(32(37)20-21-33(38)39)31-13-8-12-28(35(29)31)17-14-27-15-18-30(19-16-27)41-23-7-6-11-26-9-4-3-5-10-26/h2-5,8-10,12-19,25H,1,6-7,11,20-24H2,(H,38,39). The second kappa shape index (κ2) is 15.2. The summed E-state index contributed by atoms with van der Waals surface area (Å²) >= 11 is 0. The van der Waals surface area contributed by atoms with Crippen molar-refractivity contribution in [1.82, 2.24) is 4.57 Å². The molecule has 216 valence electrons. The SMILES string of the molecule is C=CCOC(=O)Cc1cn(C(=O)CCC(=O)O)c2cccc(C=Cc3ccc(OCCCCc4ccccc4)cc3)c12. The second-order valence-corrected chi connectivity index (χ2v) is 9.90. The van der Waals surface area contributed by atoms with Gasteiger partial charge in [0.25, 0.3) is 0 Å². The Morgan fingerprint density at radius 1 is 0.881 bits per heavy atom. The minimum Gasteiger partial charge on any atom is -0.494 e. The number of aryl methyl sites for hydroxylation is 1. The lowest BCUT2D eigenvalue weighted by atomic mass is 10.0. The van der Waals surface area contributed by atoms with Gasteiger partial charge in [-0.1, -0.05) is 79.4 Å². The molecule has 4 aromatic rings. The summed E-state index contributed by atoms with van der Waals surface area (Å²) in [6.45, 7) is 4.32. The van der Waals surface area contributed by atoms with Crippen molar-refractivity contribution >= 4 is 40.9 Å². The molecule has 1 aromatic heterocycles. The third kappa shape index (κ3) is 8.54. The lowest BCUT2D eigenvalue weighted by molar-refractivity contribution is -0.141. The normalized spacial score (nSPS) is 11.0. The van der Waals surface area contributed by atoms with Crippen LogP contribution in [0.15, 0.2) is 91.6 Å². The summed E-state index contributed by atoms with van der Waals surface area (Å²) in [6, 6.07) is 23.8. The Hall–Kier alpha value is -4.91. The molecule has 4 rings (SSSR count). The lowest BCUT2D eigenvalue weighted by Crippen LogP contribution is -2.11. The van der Waals surface area contributed by atoms with Crippen LogP contribution in [0.2, 0.25) is 0 Å². The van der Waals surface area contributed by atoms with Crippen LogP contribution in [-0.2, 0) is 27.2 Å². The predicted molar refractivity (Wildman–Crippen MR) is 165 cm³/mol. The van der Waals surface area contributed by atoms with E-state index in [9.17, 15) is 14.4 Å². The molecule has 42 heavy (non-hydrogen) atoms. The molecule has 1 heterocycles. The number of hydrogen-bond donors (Lipinski definition) is 1. The van der Waals surface area contributed by atoms with E-state index in [1.807, 2.05) is 54.6 Å². The summed E-state index contributed by atoms with van der Waals surface area (Å²) in [7, 11) is 0. The number of benzene rings is 3. The van der Waals surface area contributed by atoms with Crippen LogP contribution >= 0.6 is 0 Å². The van der Waals surface area contributed by atoms with E-state index in [1.54, 1.807) is 12.3 Å². The van der Waals surface area contributed by atoms with E-state index < -0.39 is 11.9 Å². The molecule has 0 unspecified atom stereocenters. The van der Waals surface area contributed by atoms with E-state index in [-0.39, 0.29) is 31.8 Å². The Morgan fingerprint density at radius 2 is 1.67 bits per heavy atom. The number of aliphatic carboxylic acids is 1. The Kier molecular flexibility index (Phi) is 10.9. The fourth-order valence-corrected chi connectivity index (χ4v) is 4.70. The molecule has 0 fully saturated rings. The number of esters is 1. The van der Waals surface area contributed by atoms with Gasteiger partial charge in [-0.2, -0.15) is 0 Å². The minimum absolute atomic E-state index is 0.0359. The fourth-order valence-electron chi connectivity index (χ4n) is 4.70. The van der Waals surface area contributed by atoms with Gasteiger partial charge in [0.05, 0.1) is 25.0 Å². The molecule has 0 aliphatic rings. The van der Waals surface area contributed by atoms with Gasteiger partial charge in [-0.05, 0) is 59.7 Å². The first-order valence-corrected chi connectivity index (χ1v) is 14.0. The van der Waals surface area contributed by atoms with Crippen LogP contribution in [0.3, 0.4) is 0 Å². The van der Waals surface area contributed by atoms with Gasteiger partial charge in [-0.25, -0.2) is 0 Å². The zero-order valence-corrected chi connectivity index (χ0v) is 23.5. The van der Waals surface area contributed by atoms with Crippen LogP contribution in [0, 0.1) is 0 Å². The summed E-state index contributed by atoms with van der Waals surface area (Å²) < 4.78 is 12.5. The van der Waals surface area contributed by atoms with Crippen LogP contribution in [0.1, 0.15) is 52.7 Å². The van der Waals surface area contributed by atoms with Crippen molar-refractivity contribution < 1.29 is 29.0 Å². The van der Waals surface area contributed by atoms with Gasteiger partial charge in [-0.15, -0.1) is 0 Å². The number of carboxylic acids is 1. The average Bonchev–Trinajstić information content (AvgIpc) is 3.37. The smallest absolute Gasteiger partial charge is 0.310 e. The van der Waals surface area contributed by atoms with Crippen LogP contribution in [0.4, 0.5) is 0 Å². The van der Waals surface area contributed by atoms with Crippen molar-refractivity contribution in [1.29, 1.82) is 0 Å². The number of carbonyl (C=O) groups is 3. The highest BCUT2D eigenvalue weighted by molar-refractivity contribution is 6.01. The molecule has 0 bridgehead atoms. The summed E-state index contributed by atoms with van der Waals surface area (Å²) in [4.78, 5) is 36.3. The number of unbranched alkanes of at least 4 members (excludes halogenated alkanes) is 1. The third-order valence-corrected chi connectivity index (χ3v) is 6.77. The molecule has 0 aliphatic carbocycles. The molecular formula is C35H35NO6. The maximum Gasteiger partial charge on any atom is 0.310 e. The second-order valence-electron chi connectivity index (χ2n) is 9.90. The Balaban J connectivity index is 1.46. The molecule has 0 saturated heterocycles. The number of ether oxygens (including phenoxy) is 2. The number of fused-ring (bicyclic) bond motifs is 1. The summed E-state index contributed by atoms with van der Waals surface area (Å²) in [5, 5.41) is 9.76. The lowest BCUT2D eigenvalue weighted by Gasteiger charge is -2.07. The number of carbonyl (C=O) groups excluding carboxylic acids is 2. The monoisotopic (exact) mass is 565 g/mol. The highest BCUT2D eigenvalue weighted by atomic mass is 16.5. The van der Waals surface area contributed by atoms with Crippen LogP contribution in [0.25, 0.3) is 23.1 Å². The van der Waals surface area contributed by atoms with Gasteiger partial charge in [0.15, 0.2) is 0 Å². The highest BCUT2D eigenvalue weighted by Gasteiger charge is 2.19. The first kappa shape index (κ1) is 30.1. The molecular weight excluding hydrogens is 530 g/mol. The largest absolute Gasteiger partial charge is 0.494 e. The summed E-state index contributed by atoms with van der Waals surface area (Å²) in [5.74, 6) is -1.03. The zero-order chi connectivity index (χ0) is 29.7. The fraction of sp³-hybridized carbons (Fsp3) is 0.229. The molecule has 0 radical (unpaired) electrons. The minimum atomic E-state index is -1.05. The van der Waals surface area contributed by atoms with Crippen LogP contribution in [-0.4, -0.2) is 40.7 Å². The number of nitrogens with zero attached hydrogens (tertiary/aromatic N) is 1. The van der Waals surface area contributed by atoms with E-state index in [4.69, 9.17) is 14.6 Å². The van der Waals surface area contributed by atoms with E-state index in [0.717, 1.165) is 41.5 Å². The van der Waals surface area contributed by atoms with Gasteiger partial charge < -0.3 is 14.6 Å². The topological polar surface area (TPSA) is 94.8 Å². The van der Waals surface area contributed by atoms with Gasteiger partial charge in [0, 0.05) is 18.0 Å². The molecule has 7 nitrogen and oxygen atoms in total. The first-order valence-electron chi connectivity index (χ1n) is 14.0. The van der Waals surface area contributed by atoms with E-state index in [0.29, 0.717) is 17.7 Å². The molecule has 0 saturated carbocycles. The van der Waals surface area contributed by atoms with Crippen molar-refractivity contribution in [2.45, 2.75) is 38.5 Å². The Bertz CT molecular complexity index is 1550. The molecule has 0 amide bonds. The van der Waals surface area contributed by atoms with Crippen molar-refractivity contribution in [3.05, 3.63) is 114 Å². The maximum absolute atomic E-state index is 12.9. The van der Waals surface area contributed by atoms with Crippen molar-refractivity contribution in [2.24, 2.45) is 0 Å². The van der Waals surface area contributed by atoms with E-state index in [1.165, 1.54) is 16.2 Å².